The zero-order valence-corrected chi connectivity index (χ0v) is 15.6. The summed E-state index contributed by atoms with van der Waals surface area (Å²) in [5, 5.41) is 24.1. The lowest BCUT2D eigenvalue weighted by atomic mass is 10.3. The highest BCUT2D eigenvalue weighted by molar-refractivity contribution is 6.00. The fourth-order valence-corrected chi connectivity index (χ4v) is 2.86. The van der Waals surface area contributed by atoms with E-state index in [4.69, 9.17) is 9.47 Å². The van der Waals surface area contributed by atoms with Crippen LogP contribution in [0.4, 0.5) is 16.2 Å². The van der Waals surface area contributed by atoms with Crippen LogP contribution in [0.2, 0.25) is 0 Å². The van der Waals surface area contributed by atoms with Crippen LogP contribution in [0.25, 0.3) is 0 Å². The Hall–Kier alpha value is -2.97. The summed E-state index contributed by atoms with van der Waals surface area (Å²) in [6.45, 7) is 5.09. The predicted octanol–water partition coefficient (Wildman–Crippen LogP) is 2.84. The van der Waals surface area contributed by atoms with Crippen LogP contribution in [0.5, 0.6) is 17.2 Å². The largest absolute Gasteiger partial charge is 0.504 e. The third-order valence-corrected chi connectivity index (χ3v) is 4.32. The zero-order chi connectivity index (χ0) is 19.8. The first-order chi connectivity index (χ1) is 13.6. The van der Waals surface area contributed by atoms with Crippen molar-refractivity contribution >= 4 is 17.4 Å². The lowest BCUT2D eigenvalue weighted by molar-refractivity contribution is 0.0358. The summed E-state index contributed by atoms with van der Waals surface area (Å²) < 4.78 is 11.1. The fraction of sp³-hybridized carbons (Fsp3) is 0.350. The molecule has 28 heavy (non-hydrogen) atoms. The van der Waals surface area contributed by atoms with E-state index in [0.717, 1.165) is 39.3 Å². The number of phenolic OH excluding ortho intramolecular Hbond substituents is 2. The molecule has 1 fully saturated rings. The molecule has 8 nitrogen and oxygen atoms in total. The Morgan fingerprint density at radius 2 is 1.79 bits per heavy atom. The van der Waals surface area contributed by atoms with E-state index in [0.29, 0.717) is 23.7 Å². The van der Waals surface area contributed by atoms with Crippen molar-refractivity contribution in [3.05, 3.63) is 42.5 Å². The number of carbonyl (C=O) groups excluding carboxylic acids is 1. The zero-order valence-electron chi connectivity index (χ0n) is 15.6. The van der Waals surface area contributed by atoms with Crippen molar-refractivity contribution in [1.82, 2.24) is 4.90 Å². The summed E-state index contributed by atoms with van der Waals surface area (Å²) in [5.41, 5.74) is 0.953. The maximum Gasteiger partial charge on any atom is 0.323 e. The van der Waals surface area contributed by atoms with E-state index in [-0.39, 0.29) is 11.5 Å². The van der Waals surface area contributed by atoms with Crippen molar-refractivity contribution in [1.29, 1.82) is 0 Å². The molecule has 150 valence electrons. The van der Waals surface area contributed by atoms with Crippen molar-refractivity contribution in [3.8, 4) is 17.2 Å². The van der Waals surface area contributed by atoms with E-state index >= 15 is 0 Å². The van der Waals surface area contributed by atoms with Crippen LogP contribution < -0.4 is 15.4 Å². The number of hydrogen-bond acceptors (Lipinski definition) is 6. The Labute approximate surface area is 163 Å². The maximum atomic E-state index is 12.1. The van der Waals surface area contributed by atoms with E-state index in [1.54, 1.807) is 18.2 Å². The molecule has 0 atom stereocenters. The number of morpholine rings is 1. The Balaban J connectivity index is 1.44. The quantitative estimate of drug-likeness (QED) is 0.331. The summed E-state index contributed by atoms with van der Waals surface area (Å²) in [6.07, 6.45) is 0.919. The smallest absolute Gasteiger partial charge is 0.323 e. The summed E-state index contributed by atoms with van der Waals surface area (Å²) in [5.74, 6) is 0.136. The first-order valence-electron chi connectivity index (χ1n) is 9.23. The van der Waals surface area contributed by atoms with Gasteiger partial charge in [0.2, 0.25) is 0 Å². The average Bonchev–Trinajstić information content (AvgIpc) is 2.69. The number of carbonyl (C=O) groups is 1. The van der Waals surface area contributed by atoms with Gasteiger partial charge in [-0.3, -0.25) is 4.90 Å². The van der Waals surface area contributed by atoms with Crippen molar-refractivity contribution in [2.45, 2.75) is 6.42 Å². The van der Waals surface area contributed by atoms with Crippen LogP contribution in [0.1, 0.15) is 6.42 Å². The first kappa shape index (κ1) is 19.8. The number of anilines is 2. The average molecular weight is 387 g/mol. The van der Waals surface area contributed by atoms with Crippen LogP contribution in [-0.2, 0) is 4.74 Å². The molecular formula is C20H25N3O5. The molecule has 1 aliphatic heterocycles. The number of urea groups is 1. The van der Waals surface area contributed by atoms with Gasteiger partial charge in [-0.15, -0.1) is 0 Å². The van der Waals surface area contributed by atoms with Gasteiger partial charge >= 0.3 is 6.03 Å². The van der Waals surface area contributed by atoms with Gasteiger partial charge in [0.1, 0.15) is 5.75 Å². The highest BCUT2D eigenvalue weighted by Crippen LogP contribution is 2.27. The number of amides is 2. The SMILES string of the molecule is O=C(Nc1cccc(OCCCN2CCOCC2)c1)Nc1ccc(O)c(O)c1. The van der Waals surface area contributed by atoms with Crippen LogP contribution in [-0.4, -0.2) is 60.6 Å². The minimum absolute atomic E-state index is 0.246. The molecule has 2 aromatic rings. The van der Waals surface area contributed by atoms with E-state index in [2.05, 4.69) is 15.5 Å². The molecule has 4 N–H and O–H groups in total. The molecule has 0 bridgehead atoms. The van der Waals surface area contributed by atoms with Gasteiger partial charge in [-0.25, -0.2) is 4.79 Å². The molecule has 1 aliphatic rings. The van der Waals surface area contributed by atoms with Crippen LogP contribution in [0.3, 0.4) is 0 Å². The van der Waals surface area contributed by atoms with E-state index in [9.17, 15) is 15.0 Å². The topological polar surface area (TPSA) is 103 Å². The number of rotatable bonds is 7. The number of nitrogens with zero attached hydrogens (tertiary/aromatic N) is 1. The monoisotopic (exact) mass is 387 g/mol. The molecule has 3 rings (SSSR count). The molecule has 0 radical (unpaired) electrons. The van der Waals surface area contributed by atoms with Crippen LogP contribution >= 0.6 is 0 Å². The molecule has 2 aromatic carbocycles. The fourth-order valence-electron chi connectivity index (χ4n) is 2.86. The summed E-state index contributed by atoms with van der Waals surface area (Å²) in [7, 11) is 0. The number of hydrogen-bond donors (Lipinski definition) is 4. The third kappa shape index (κ3) is 6.04. The Kier molecular flexibility index (Phi) is 6.94. The molecule has 0 saturated carbocycles. The molecule has 1 heterocycles. The third-order valence-electron chi connectivity index (χ3n) is 4.32. The van der Waals surface area contributed by atoms with Gasteiger partial charge in [0, 0.05) is 43.1 Å². The highest BCUT2D eigenvalue weighted by Gasteiger charge is 2.10. The molecule has 1 saturated heterocycles. The molecular weight excluding hydrogens is 362 g/mol. The first-order valence-corrected chi connectivity index (χ1v) is 9.23. The minimum Gasteiger partial charge on any atom is -0.504 e. The predicted molar refractivity (Wildman–Crippen MR) is 106 cm³/mol. The van der Waals surface area contributed by atoms with Gasteiger partial charge in [-0.05, 0) is 30.7 Å². The second-order valence-electron chi connectivity index (χ2n) is 6.47. The lowest BCUT2D eigenvalue weighted by Crippen LogP contribution is -2.37. The number of phenols is 2. The minimum atomic E-state index is -0.463. The van der Waals surface area contributed by atoms with Gasteiger partial charge in [0.25, 0.3) is 0 Å². The number of ether oxygens (including phenoxy) is 2. The number of aromatic hydroxyl groups is 2. The van der Waals surface area contributed by atoms with Gasteiger partial charge < -0.3 is 30.3 Å². The van der Waals surface area contributed by atoms with E-state index < -0.39 is 6.03 Å². The lowest BCUT2D eigenvalue weighted by Gasteiger charge is -2.26. The number of nitrogens with one attached hydrogen (secondary N) is 2. The molecule has 0 aliphatic carbocycles. The standard InChI is InChI=1S/C20H25N3O5/c24-18-6-5-16(14-19(18)25)22-20(26)21-15-3-1-4-17(13-15)28-10-2-7-23-8-11-27-12-9-23/h1,3-6,13-14,24-25H,2,7-12H2,(H2,21,22,26). The molecule has 8 heteroatoms. The Morgan fingerprint density at radius 3 is 2.54 bits per heavy atom. The maximum absolute atomic E-state index is 12.1. The summed E-state index contributed by atoms with van der Waals surface area (Å²) in [6, 6.07) is 10.8. The normalized spacial score (nSPS) is 14.4. The van der Waals surface area contributed by atoms with Crippen molar-refractivity contribution in [2.75, 3.05) is 50.1 Å². The van der Waals surface area contributed by atoms with E-state index in [1.165, 1.54) is 18.2 Å². The Morgan fingerprint density at radius 1 is 1.04 bits per heavy atom. The molecule has 0 unspecified atom stereocenters. The second kappa shape index (κ2) is 9.82. The highest BCUT2D eigenvalue weighted by atomic mass is 16.5. The molecule has 2 amide bonds. The molecule has 0 spiro atoms. The van der Waals surface area contributed by atoms with Gasteiger partial charge in [0.05, 0.1) is 19.8 Å². The second-order valence-corrected chi connectivity index (χ2v) is 6.47. The van der Waals surface area contributed by atoms with Crippen molar-refractivity contribution in [2.24, 2.45) is 0 Å². The number of benzene rings is 2. The van der Waals surface area contributed by atoms with Crippen LogP contribution in [0.15, 0.2) is 42.5 Å². The van der Waals surface area contributed by atoms with Gasteiger partial charge in [-0.2, -0.15) is 0 Å². The van der Waals surface area contributed by atoms with Crippen molar-refractivity contribution in [3.63, 3.8) is 0 Å². The Bertz CT molecular complexity index is 793. The van der Waals surface area contributed by atoms with Crippen molar-refractivity contribution < 1.29 is 24.5 Å². The molecule has 0 aromatic heterocycles. The summed E-state index contributed by atoms with van der Waals surface area (Å²) in [4.78, 5) is 14.5. The van der Waals surface area contributed by atoms with Gasteiger partial charge in [0.15, 0.2) is 11.5 Å². The van der Waals surface area contributed by atoms with E-state index in [1.807, 2.05) is 6.07 Å². The summed E-state index contributed by atoms with van der Waals surface area (Å²) >= 11 is 0. The van der Waals surface area contributed by atoms with Gasteiger partial charge in [-0.1, -0.05) is 6.07 Å². The van der Waals surface area contributed by atoms with Crippen LogP contribution in [0, 0.1) is 0 Å².